The molecule has 1 amide bonds. The van der Waals surface area contributed by atoms with E-state index >= 15 is 0 Å². The molecule has 0 aromatic carbocycles. The number of cyclic esters (lactones) is 1. The first-order valence-corrected chi connectivity index (χ1v) is 4.08. The molecule has 0 bridgehead atoms. The van der Waals surface area contributed by atoms with Crippen molar-refractivity contribution < 1.29 is 9.53 Å². The molecule has 3 nitrogen and oxygen atoms in total. The van der Waals surface area contributed by atoms with Crippen LogP contribution in [0, 0.1) is 5.92 Å². The monoisotopic (exact) mass is 165 g/mol. The molecule has 2 atom stereocenters. The third-order valence-electron chi connectivity index (χ3n) is 2.29. The number of hydrogen-bond donors (Lipinski definition) is 1. The Hall–Kier alpha value is -1.25. The van der Waals surface area contributed by atoms with Gasteiger partial charge in [0.15, 0.2) is 0 Å². The summed E-state index contributed by atoms with van der Waals surface area (Å²) in [4.78, 5) is 10.9. The van der Waals surface area contributed by atoms with Crippen molar-refractivity contribution in [1.29, 1.82) is 0 Å². The molecule has 64 valence electrons. The molecule has 0 aromatic heterocycles. The highest BCUT2D eigenvalue weighted by molar-refractivity contribution is 5.70. The summed E-state index contributed by atoms with van der Waals surface area (Å²) >= 11 is 0. The third-order valence-corrected chi connectivity index (χ3v) is 2.29. The van der Waals surface area contributed by atoms with Gasteiger partial charge in [0, 0.05) is 0 Å². The molecule has 3 heteroatoms. The van der Waals surface area contributed by atoms with Crippen LogP contribution in [0.15, 0.2) is 23.8 Å². The Balaban J connectivity index is 2.21. The Labute approximate surface area is 71.1 Å². The van der Waals surface area contributed by atoms with Crippen molar-refractivity contribution >= 4 is 6.09 Å². The Morgan fingerprint density at radius 3 is 3.33 bits per heavy atom. The summed E-state index contributed by atoms with van der Waals surface area (Å²) in [5.74, 6) is 0.373. The molecule has 0 spiro atoms. The molecule has 0 saturated carbocycles. The number of carbonyl (C=O) groups is 1. The van der Waals surface area contributed by atoms with E-state index in [2.05, 4.69) is 18.3 Å². The van der Waals surface area contributed by atoms with Crippen molar-refractivity contribution in [2.75, 3.05) is 6.61 Å². The largest absolute Gasteiger partial charge is 0.445 e. The van der Waals surface area contributed by atoms with Gasteiger partial charge >= 0.3 is 6.09 Å². The Morgan fingerprint density at radius 1 is 1.67 bits per heavy atom. The van der Waals surface area contributed by atoms with Crippen LogP contribution in [0.2, 0.25) is 0 Å². The number of fused-ring (bicyclic) bond motifs is 1. The lowest BCUT2D eigenvalue weighted by molar-refractivity contribution is 0.133. The van der Waals surface area contributed by atoms with Crippen LogP contribution >= 0.6 is 0 Å². The number of allylic oxidation sites excluding steroid dienone is 2. The van der Waals surface area contributed by atoms with Gasteiger partial charge in [0.25, 0.3) is 0 Å². The molecule has 2 rings (SSSR count). The van der Waals surface area contributed by atoms with E-state index in [0.29, 0.717) is 12.5 Å². The number of rotatable bonds is 0. The number of nitrogens with one attached hydrogen (secondary N) is 1. The van der Waals surface area contributed by atoms with Crippen molar-refractivity contribution in [3.63, 3.8) is 0 Å². The van der Waals surface area contributed by atoms with Crippen LogP contribution in [-0.4, -0.2) is 18.7 Å². The lowest BCUT2D eigenvalue weighted by atomic mass is 9.90. The summed E-state index contributed by atoms with van der Waals surface area (Å²) < 4.78 is 4.84. The van der Waals surface area contributed by atoms with Crippen LogP contribution < -0.4 is 5.32 Å². The van der Waals surface area contributed by atoms with E-state index in [0.717, 1.165) is 5.57 Å². The molecule has 2 unspecified atom stereocenters. The highest BCUT2D eigenvalue weighted by Gasteiger charge is 2.28. The highest BCUT2D eigenvalue weighted by Crippen LogP contribution is 2.21. The second kappa shape index (κ2) is 2.66. The van der Waals surface area contributed by atoms with E-state index in [1.165, 1.54) is 0 Å². The molecule has 1 fully saturated rings. The van der Waals surface area contributed by atoms with Gasteiger partial charge < -0.3 is 10.1 Å². The molecule has 1 N–H and O–H groups in total. The van der Waals surface area contributed by atoms with E-state index in [1.54, 1.807) is 0 Å². The van der Waals surface area contributed by atoms with E-state index in [9.17, 15) is 4.79 Å². The summed E-state index contributed by atoms with van der Waals surface area (Å²) in [7, 11) is 0. The topological polar surface area (TPSA) is 38.3 Å². The minimum Gasteiger partial charge on any atom is -0.445 e. The maximum absolute atomic E-state index is 10.9. The van der Waals surface area contributed by atoms with Crippen molar-refractivity contribution in [3.8, 4) is 0 Å². The van der Waals surface area contributed by atoms with Gasteiger partial charge in [0.1, 0.15) is 6.61 Å². The van der Waals surface area contributed by atoms with Crippen LogP contribution in [0.3, 0.4) is 0 Å². The minimum absolute atomic E-state index is 0.149. The summed E-state index contributed by atoms with van der Waals surface area (Å²) in [6, 6.07) is 0.149. The molecular weight excluding hydrogens is 154 g/mol. The molecule has 0 radical (unpaired) electrons. The van der Waals surface area contributed by atoms with Crippen molar-refractivity contribution in [3.05, 3.63) is 23.8 Å². The first-order valence-electron chi connectivity index (χ1n) is 4.08. The zero-order valence-electron chi connectivity index (χ0n) is 6.91. The van der Waals surface area contributed by atoms with E-state index in [-0.39, 0.29) is 12.1 Å². The predicted molar refractivity (Wildman–Crippen MR) is 44.7 cm³/mol. The van der Waals surface area contributed by atoms with Gasteiger partial charge in [0.05, 0.1) is 6.04 Å². The number of ether oxygens (including phenoxy) is 1. The maximum Gasteiger partial charge on any atom is 0.407 e. The fraction of sp³-hybridized carbons (Fsp3) is 0.444. The first-order chi connectivity index (χ1) is 5.77. The summed E-state index contributed by atoms with van der Waals surface area (Å²) in [6.45, 7) is 2.52. The minimum atomic E-state index is -0.306. The van der Waals surface area contributed by atoms with Gasteiger partial charge in [-0.2, -0.15) is 0 Å². The number of hydrogen-bond acceptors (Lipinski definition) is 2. The van der Waals surface area contributed by atoms with Crippen LogP contribution in [0.5, 0.6) is 0 Å². The molecule has 1 heterocycles. The van der Waals surface area contributed by atoms with Crippen molar-refractivity contribution in [2.45, 2.75) is 13.0 Å². The van der Waals surface area contributed by atoms with E-state index in [4.69, 9.17) is 4.74 Å². The van der Waals surface area contributed by atoms with Gasteiger partial charge in [-0.05, 0) is 11.5 Å². The highest BCUT2D eigenvalue weighted by atomic mass is 16.6. The zero-order chi connectivity index (χ0) is 8.55. The van der Waals surface area contributed by atoms with Crippen molar-refractivity contribution in [2.24, 2.45) is 5.92 Å². The predicted octanol–water partition coefficient (Wildman–Crippen LogP) is 1.23. The molecule has 1 aliphatic carbocycles. The van der Waals surface area contributed by atoms with Gasteiger partial charge in [-0.3, -0.25) is 0 Å². The third kappa shape index (κ3) is 1.11. The molecule has 2 aliphatic rings. The average Bonchev–Trinajstić information content (AvgIpc) is 2.07. The van der Waals surface area contributed by atoms with Gasteiger partial charge in [0.2, 0.25) is 0 Å². The maximum atomic E-state index is 10.9. The quantitative estimate of drug-likeness (QED) is 0.586. The zero-order valence-corrected chi connectivity index (χ0v) is 6.91. The Bertz CT molecular complexity index is 268. The lowest BCUT2D eigenvalue weighted by Gasteiger charge is -2.31. The standard InChI is InChI=1S/C9H11NO2/c1-6-3-2-4-7-5-12-9(11)10-8(6)7/h2-4,6,8H,5H2,1H3,(H,10,11). The summed E-state index contributed by atoms with van der Waals surface area (Å²) in [5.41, 5.74) is 1.16. The second-order valence-electron chi connectivity index (χ2n) is 3.18. The summed E-state index contributed by atoms with van der Waals surface area (Å²) in [5, 5.41) is 2.79. The van der Waals surface area contributed by atoms with Crippen molar-refractivity contribution in [1.82, 2.24) is 5.32 Å². The second-order valence-corrected chi connectivity index (χ2v) is 3.18. The fourth-order valence-electron chi connectivity index (χ4n) is 1.59. The number of carbonyl (C=O) groups excluding carboxylic acids is 1. The van der Waals surface area contributed by atoms with Crippen LogP contribution in [-0.2, 0) is 4.74 Å². The SMILES string of the molecule is CC1C=CC=C2COC(=O)NC21. The normalized spacial score (nSPS) is 33.1. The van der Waals surface area contributed by atoms with Gasteiger partial charge in [-0.1, -0.05) is 25.2 Å². The molecule has 1 saturated heterocycles. The van der Waals surface area contributed by atoms with Crippen LogP contribution in [0.1, 0.15) is 6.92 Å². The summed E-state index contributed by atoms with van der Waals surface area (Å²) in [6.07, 6.45) is 5.79. The average molecular weight is 165 g/mol. The molecule has 0 aromatic rings. The lowest BCUT2D eigenvalue weighted by Crippen LogP contribution is -2.47. The Morgan fingerprint density at radius 2 is 2.50 bits per heavy atom. The number of amides is 1. The smallest absolute Gasteiger partial charge is 0.407 e. The van der Waals surface area contributed by atoms with Gasteiger partial charge in [-0.15, -0.1) is 0 Å². The first kappa shape index (κ1) is 7.40. The Kier molecular flexibility index (Phi) is 1.64. The van der Waals surface area contributed by atoms with E-state index < -0.39 is 0 Å². The molecular formula is C9H11NO2. The molecule has 1 aliphatic heterocycles. The fourth-order valence-corrected chi connectivity index (χ4v) is 1.59. The van der Waals surface area contributed by atoms with Gasteiger partial charge in [-0.25, -0.2) is 4.79 Å². The van der Waals surface area contributed by atoms with Crippen LogP contribution in [0.4, 0.5) is 4.79 Å². The number of alkyl carbamates (subject to hydrolysis) is 1. The van der Waals surface area contributed by atoms with Crippen LogP contribution in [0.25, 0.3) is 0 Å². The molecule has 12 heavy (non-hydrogen) atoms. The van der Waals surface area contributed by atoms with E-state index in [1.807, 2.05) is 12.2 Å².